The fraction of sp³-hybridized carbons (Fsp3) is 0. The zero-order chi connectivity index (χ0) is 30.7. The van der Waals surface area contributed by atoms with Gasteiger partial charge in [-0.1, -0.05) is 152 Å². The second-order valence-corrected chi connectivity index (χ2v) is 11.3. The summed E-state index contributed by atoms with van der Waals surface area (Å²) in [7, 11) is 0. The van der Waals surface area contributed by atoms with Gasteiger partial charge in [-0.3, -0.25) is 4.98 Å². The van der Waals surface area contributed by atoms with Crippen molar-refractivity contribution in [2.24, 2.45) is 0 Å². The fourth-order valence-electron chi connectivity index (χ4n) is 5.98. The molecule has 3 nitrogen and oxygen atoms in total. The highest BCUT2D eigenvalue weighted by atomic mass is 14.9. The summed E-state index contributed by atoms with van der Waals surface area (Å²) in [5, 5.41) is 2.48. The molecule has 0 spiro atoms. The number of fused-ring (bicyclic) bond motifs is 1. The molecule has 0 amide bonds. The molecule has 8 rings (SSSR count). The molecular formula is C43H29N3. The van der Waals surface area contributed by atoms with Gasteiger partial charge in [0.15, 0.2) is 5.82 Å². The summed E-state index contributed by atoms with van der Waals surface area (Å²) in [5.41, 5.74) is 11.8. The van der Waals surface area contributed by atoms with Crippen LogP contribution in [0, 0.1) is 0 Å². The topological polar surface area (TPSA) is 38.7 Å². The van der Waals surface area contributed by atoms with Gasteiger partial charge >= 0.3 is 0 Å². The highest BCUT2D eigenvalue weighted by Gasteiger charge is 2.12. The smallest absolute Gasteiger partial charge is 0.160 e. The molecule has 2 heterocycles. The first-order chi connectivity index (χ1) is 22.8. The van der Waals surface area contributed by atoms with Crippen LogP contribution in [0.3, 0.4) is 0 Å². The van der Waals surface area contributed by atoms with Crippen LogP contribution in [0.2, 0.25) is 0 Å². The van der Waals surface area contributed by atoms with Crippen molar-refractivity contribution in [2.45, 2.75) is 0 Å². The Labute approximate surface area is 268 Å². The first-order valence-electron chi connectivity index (χ1n) is 15.4. The molecule has 0 aliphatic rings. The van der Waals surface area contributed by atoms with Crippen LogP contribution in [0.15, 0.2) is 176 Å². The Balaban J connectivity index is 1.19. The van der Waals surface area contributed by atoms with Crippen molar-refractivity contribution >= 4 is 10.8 Å². The first kappa shape index (κ1) is 27.4. The van der Waals surface area contributed by atoms with E-state index in [1.807, 2.05) is 18.3 Å². The number of rotatable bonds is 6. The maximum atomic E-state index is 5.10. The van der Waals surface area contributed by atoms with E-state index in [0.717, 1.165) is 39.2 Å². The maximum Gasteiger partial charge on any atom is 0.160 e. The number of pyridine rings is 1. The quantitative estimate of drug-likeness (QED) is 0.194. The lowest BCUT2D eigenvalue weighted by atomic mass is 9.97. The molecule has 0 saturated heterocycles. The standard InChI is InChI=1S/C43H29N3/c1-2-8-30(9-3-1)31-15-21-35(22-16-31)41-28-42(36-23-17-32(18-24-36)38-12-7-27-44-29-38)46-43(45-41)37-25-19-34(20-26-37)40-14-6-11-33-10-4-5-13-39(33)40/h1-29H. The van der Waals surface area contributed by atoms with E-state index < -0.39 is 0 Å². The van der Waals surface area contributed by atoms with Crippen LogP contribution in [0.5, 0.6) is 0 Å². The first-order valence-corrected chi connectivity index (χ1v) is 15.4. The van der Waals surface area contributed by atoms with Crippen LogP contribution in [0.25, 0.3) is 78.1 Å². The number of hydrogen-bond donors (Lipinski definition) is 0. The number of hydrogen-bond acceptors (Lipinski definition) is 3. The summed E-state index contributed by atoms with van der Waals surface area (Å²) in [6, 6.07) is 57.2. The van der Waals surface area contributed by atoms with Crippen LogP contribution >= 0.6 is 0 Å². The largest absolute Gasteiger partial charge is 0.264 e. The zero-order valence-corrected chi connectivity index (χ0v) is 25.1. The molecule has 8 aromatic rings. The molecule has 0 aliphatic carbocycles. The van der Waals surface area contributed by atoms with Crippen LogP contribution in [0.1, 0.15) is 0 Å². The Bertz CT molecular complexity index is 2150. The predicted molar refractivity (Wildman–Crippen MR) is 190 cm³/mol. The molecule has 0 atom stereocenters. The second-order valence-electron chi connectivity index (χ2n) is 11.3. The zero-order valence-electron chi connectivity index (χ0n) is 25.1. The third-order valence-electron chi connectivity index (χ3n) is 8.43. The summed E-state index contributed by atoms with van der Waals surface area (Å²) >= 11 is 0. The molecule has 3 heteroatoms. The van der Waals surface area contributed by atoms with Gasteiger partial charge in [0.05, 0.1) is 11.4 Å². The lowest BCUT2D eigenvalue weighted by Gasteiger charge is -2.12. The molecule has 0 unspecified atom stereocenters. The molecule has 6 aromatic carbocycles. The third-order valence-corrected chi connectivity index (χ3v) is 8.43. The van der Waals surface area contributed by atoms with Gasteiger partial charge < -0.3 is 0 Å². The summed E-state index contributed by atoms with van der Waals surface area (Å²) < 4.78 is 0. The van der Waals surface area contributed by atoms with E-state index in [-0.39, 0.29) is 0 Å². The fourth-order valence-corrected chi connectivity index (χ4v) is 5.98. The van der Waals surface area contributed by atoms with Crippen LogP contribution in [-0.2, 0) is 0 Å². The molecular weight excluding hydrogens is 558 g/mol. The van der Waals surface area contributed by atoms with Gasteiger partial charge in [-0.25, -0.2) is 9.97 Å². The molecule has 216 valence electrons. The molecule has 0 radical (unpaired) electrons. The normalized spacial score (nSPS) is 11.0. The SMILES string of the molecule is c1ccc(-c2ccc(-c3cc(-c4ccc(-c5cccnc5)cc4)nc(-c4ccc(-c5cccc6ccccc56)cc4)n3)cc2)cc1. The van der Waals surface area contributed by atoms with Gasteiger partial charge in [0.25, 0.3) is 0 Å². The molecule has 46 heavy (non-hydrogen) atoms. The Kier molecular flexibility index (Phi) is 7.18. The minimum absolute atomic E-state index is 0.695. The Morgan fingerprint density at radius 2 is 0.870 bits per heavy atom. The second kappa shape index (κ2) is 12.1. The van der Waals surface area contributed by atoms with Gasteiger partial charge in [-0.05, 0) is 56.3 Å². The maximum absolute atomic E-state index is 5.10. The molecule has 2 aromatic heterocycles. The van der Waals surface area contributed by atoms with Crippen molar-refractivity contribution in [3.05, 3.63) is 176 Å². The minimum atomic E-state index is 0.695. The van der Waals surface area contributed by atoms with Gasteiger partial charge in [0, 0.05) is 29.1 Å². The van der Waals surface area contributed by atoms with Crippen molar-refractivity contribution in [2.75, 3.05) is 0 Å². The lowest BCUT2D eigenvalue weighted by Crippen LogP contribution is -1.96. The van der Waals surface area contributed by atoms with E-state index in [1.165, 1.54) is 33.0 Å². The van der Waals surface area contributed by atoms with Crippen molar-refractivity contribution < 1.29 is 0 Å². The van der Waals surface area contributed by atoms with Gasteiger partial charge in [-0.15, -0.1) is 0 Å². The summed E-state index contributed by atoms with van der Waals surface area (Å²) in [4.78, 5) is 14.5. The van der Waals surface area contributed by atoms with E-state index >= 15 is 0 Å². The Hall–Kier alpha value is -6.19. The number of nitrogens with zero attached hydrogens (tertiary/aromatic N) is 3. The number of benzene rings is 6. The average Bonchev–Trinajstić information content (AvgIpc) is 3.15. The van der Waals surface area contributed by atoms with Crippen LogP contribution in [0.4, 0.5) is 0 Å². The van der Waals surface area contributed by atoms with E-state index in [4.69, 9.17) is 9.97 Å². The highest BCUT2D eigenvalue weighted by Crippen LogP contribution is 2.33. The van der Waals surface area contributed by atoms with Crippen molar-refractivity contribution in [3.63, 3.8) is 0 Å². The van der Waals surface area contributed by atoms with E-state index in [9.17, 15) is 0 Å². The molecule has 0 N–H and O–H groups in total. The van der Waals surface area contributed by atoms with Gasteiger partial charge in [0.2, 0.25) is 0 Å². The summed E-state index contributed by atoms with van der Waals surface area (Å²) in [6.07, 6.45) is 3.68. The summed E-state index contributed by atoms with van der Waals surface area (Å²) in [6.45, 7) is 0. The molecule has 0 saturated carbocycles. The monoisotopic (exact) mass is 587 g/mol. The third kappa shape index (κ3) is 5.47. The van der Waals surface area contributed by atoms with E-state index in [2.05, 4.69) is 157 Å². The lowest BCUT2D eigenvalue weighted by molar-refractivity contribution is 1.18. The minimum Gasteiger partial charge on any atom is -0.264 e. The molecule has 0 aliphatic heterocycles. The molecule has 0 bridgehead atoms. The van der Waals surface area contributed by atoms with Crippen molar-refractivity contribution in [3.8, 4) is 67.3 Å². The van der Waals surface area contributed by atoms with Crippen LogP contribution in [-0.4, -0.2) is 15.0 Å². The van der Waals surface area contributed by atoms with E-state index in [0.29, 0.717) is 5.82 Å². The van der Waals surface area contributed by atoms with E-state index in [1.54, 1.807) is 6.20 Å². The highest BCUT2D eigenvalue weighted by molar-refractivity contribution is 5.96. The van der Waals surface area contributed by atoms with Gasteiger partial charge in [0.1, 0.15) is 0 Å². The predicted octanol–water partition coefficient (Wildman–Crippen LogP) is 11.0. The van der Waals surface area contributed by atoms with Crippen molar-refractivity contribution in [1.82, 2.24) is 15.0 Å². The van der Waals surface area contributed by atoms with Gasteiger partial charge in [-0.2, -0.15) is 0 Å². The average molecular weight is 588 g/mol. The Morgan fingerprint density at radius 1 is 0.348 bits per heavy atom. The Morgan fingerprint density at radius 3 is 1.54 bits per heavy atom. The molecule has 0 fully saturated rings. The van der Waals surface area contributed by atoms with Crippen LogP contribution < -0.4 is 0 Å². The summed E-state index contributed by atoms with van der Waals surface area (Å²) in [5.74, 6) is 0.695. The van der Waals surface area contributed by atoms with Crippen molar-refractivity contribution in [1.29, 1.82) is 0 Å². The number of aromatic nitrogens is 3.